The normalized spacial score (nSPS) is 12.2. The minimum atomic E-state index is -1.09. The molecule has 0 aliphatic heterocycles. The number of carbonyl (C=O) groups excluding carboxylic acids is 1. The van der Waals surface area contributed by atoms with Gasteiger partial charge >= 0.3 is 5.97 Å². The van der Waals surface area contributed by atoms with Crippen molar-refractivity contribution in [2.75, 3.05) is 13.7 Å². The Morgan fingerprint density at radius 1 is 1.53 bits per heavy atom. The van der Waals surface area contributed by atoms with E-state index in [1.807, 2.05) is 6.92 Å². The van der Waals surface area contributed by atoms with Crippen molar-refractivity contribution in [1.29, 1.82) is 0 Å². The van der Waals surface area contributed by atoms with Crippen LogP contribution in [0.25, 0.3) is 0 Å². The molecule has 1 unspecified atom stereocenters. The molecule has 1 heterocycles. The van der Waals surface area contributed by atoms with Gasteiger partial charge in [0.1, 0.15) is 11.3 Å². The van der Waals surface area contributed by atoms with Gasteiger partial charge in [-0.3, -0.25) is 4.79 Å². The SMILES string of the molecule is CCc1oc(C(=O)NC(C)CCOC)cc1C(=O)O. The van der Waals surface area contributed by atoms with Crippen molar-refractivity contribution < 1.29 is 23.8 Å². The van der Waals surface area contributed by atoms with Gasteiger partial charge in [-0.05, 0) is 13.3 Å². The quantitative estimate of drug-likeness (QED) is 0.786. The number of aryl methyl sites for hydroxylation is 1. The lowest BCUT2D eigenvalue weighted by atomic mass is 10.2. The van der Waals surface area contributed by atoms with Crippen LogP contribution in [-0.2, 0) is 11.2 Å². The fraction of sp³-hybridized carbons (Fsp3) is 0.538. The first kappa shape index (κ1) is 15.2. The maximum Gasteiger partial charge on any atom is 0.339 e. The van der Waals surface area contributed by atoms with Gasteiger partial charge in [0.2, 0.25) is 0 Å². The summed E-state index contributed by atoms with van der Waals surface area (Å²) >= 11 is 0. The molecule has 1 rings (SSSR count). The van der Waals surface area contributed by atoms with Crippen LogP contribution < -0.4 is 5.32 Å². The highest BCUT2D eigenvalue weighted by Crippen LogP contribution is 2.16. The molecule has 6 nitrogen and oxygen atoms in total. The lowest BCUT2D eigenvalue weighted by molar-refractivity contribution is 0.0694. The maximum absolute atomic E-state index is 11.9. The molecule has 1 aromatic rings. The smallest absolute Gasteiger partial charge is 0.339 e. The number of nitrogens with one attached hydrogen (secondary N) is 1. The highest BCUT2D eigenvalue weighted by molar-refractivity contribution is 5.96. The fourth-order valence-corrected chi connectivity index (χ4v) is 1.65. The minimum Gasteiger partial charge on any atom is -0.478 e. The Morgan fingerprint density at radius 3 is 2.68 bits per heavy atom. The number of amides is 1. The third kappa shape index (κ3) is 4.10. The summed E-state index contributed by atoms with van der Waals surface area (Å²) < 4.78 is 10.2. The first-order valence-corrected chi connectivity index (χ1v) is 6.15. The van der Waals surface area contributed by atoms with E-state index >= 15 is 0 Å². The zero-order valence-electron chi connectivity index (χ0n) is 11.4. The Bertz CT molecular complexity index is 452. The average molecular weight is 269 g/mol. The topological polar surface area (TPSA) is 88.8 Å². The molecule has 0 bridgehead atoms. The van der Waals surface area contributed by atoms with E-state index in [9.17, 15) is 9.59 Å². The number of carboxylic acid groups (broad SMARTS) is 1. The number of hydrogen-bond donors (Lipinski definition) is 2. The third-order valence-electron chi connectivity index (χ3n) is 2.72. The van der Waals surface area contributed by atoms with Gasteiger partial charge in [0, 0.05) is 32.2 Å². The van der Waals surface area contributed by atoms with Crippen LogP contribution in [0.3, 0.4) is 0 Å². The van der Waals surface area contributed by atoms with E-state index in [0.717, 1.165) is 0 Å². The molecule has 0 aromatic carbocycles. The van der Waals surface area contributed by atoms with Crippen molar-refractivity contribution in [3.05, 3.63) is 23.2 Å². The molecule has 1 aromatic heterocycles. The van der Waals surface area contributed by atoms with E-state index in [0.29, 0.717) is 25.2 Å². The predicted octanol–water partition coefficient (Wildman–Crippen LogP) is 1.70. The number of hydrogen-bond acceptors (Lipinski definition) is 4. The Balaban J connectivity index is 2.74. The van der Waals surface area contributed by atoms with Crippen LogP contribution in [0.4, 0.5) is 0 Å². The van der Waals surface area contributed by atoms with Crippen molar-refractivity contribution in [3.63, 3.8) is 0 Å². The van der Waals surface area contributed by atoms with Crippen LogP contribution in [0.5, 0.6) is 0 Å². The molecule has 19 heavy (non-hydrogen) atoms. The molecule has 0 spiro atoms. The van der Waals surface area contributed by atoms with E-state index in [2.05, 4.69) is 5.32 Å². The minimum absolute atomic E-state index is 0.0264. The van der Waals surface area contributed by atoms with Gasteiger partial charge in [-0.15, -0.1) is 0 Å². The second-order valence-electron chi connectivity index (χ2n) is 4.26. The molecular formula is C13H19NO5. The lowest BCUT2D eigenvalue weighted by Crippen LogP contribution is -2.33. The third-order valence-corrected chi connectivity index (χ3v) is 2.72. The van der Waals surface area contributed by atoms with Crippen LogP contribution in [0, 0.1) is 0 Å². The molecule has 0 fully saturated rings. The van der Waals surface area contributed by atoms with Gasteiger partial charge in [0.05, 0.1) is 0 Å². The summed E-state index contributed by atoms with van der Waals surface area (Å²) in [5.41, 5.74) is 0.0391. The molecular weight excluding hydrogens is 250 g/mol. The monoisotopic (exact) mass is 269 g/mol. The standard InChI is InChI=1S/C13H19NO5/c1-4-10-9(13(16)17)7-11(19-10)12(15)14-8(2)5-6-18-3/h7-8H,4-6H2,1-3H3,(H,14,15)(H,16,17). The first-order valence-electron chi connectivity index (χ1n) is 6.15. The second-order valence-corrected chi connectivity index (χ2v) is 4.26. The van der Waals surface area contributed by atoms with E-state index < -0.39 is 11.9 Å². The average Bonchev–Trinajstić information content (AvgIpc) is 2.80. The van der Waals surface area contributed by atoms with Gasteiger partial charge in [-0.1, -0.05) is 6.92 Å². The van der Waals surface area contributed by atoms with Crippen LogP contribution in [0.2, 0.25) is 0 Å². The summed E-state index contributed by atoms with van der Waals surface area (Å²) in [7, 11) is 1.59. The second kappa shape index (κ2) is 6.94. The van der Waals surface area contributed by atoms with Crippen molar-refractivity contribution >= 4 is 11.9 Å². The molecule has 0 aliphatic carbocycles. The van der Waals surface area contributed by atoms with Crippen LogP contribution in [-0.4, -0.2) is 36.7 Å². The number of carbonyl (C=O) groups is 2. The maximum atomic E-state index is 11.9. The number of carboxylic acids is 1. The number of rotatable bonds is 7. The fourth-order valence-electron chi connectivity index (χ4n) is 1.65. The summed E-state index contributed by atoms with van der Waals surface area (Å²) in [5.74, 6) is -1.17. The van der Waals surface area contributed by atoms with Crippen LogP contribution >= 0.6 is 0 Å². The van der Waals surface area contributed by atoms with Crippen molar-refractivity contribution in [2.24, 2.45) is 0 Å². The zero-order valence-corrected chi connectivity index (χ0v) is 11.4. The first-order chi connectivity index (χ1) is 8.99. The number of aromatic carboxylic acids is 1. The van der Waals surface area contributed by atoms with Crippen molar-refractivity contribution in [3.8, 4) is 0 Å². The molecule has 0 saturated carbocycles. The summed E-state index contributed by atoms with van der Waals surface area (Å²) in [6.45, 7) is 4.16. The molecule has 106 valence electrons. The molecule has 6 heteroatoms. The highest BCUT2D eigenvalue weighted by Gasteiger charge is 2.20. The largest absolute Gasteiger partial charge is 0.478 e. The van der Waals surface area contributed by atoms with Crippen LogP contribution in [0.15, 0.2) is 10.5 Å². The van der Waals surface area contributed by atoms with E-state index in [4.69, 9.17) is 14.3 Å². The summed E-state index contributed by atoms with van der Waals surface area (Å²) in [5, 5.41) is 11.7. The summed E-state index contributed by atoms with van der Waals surface area (Å²) in [6, 6.07) is 1.19. The van der Waals surface area contributed by atoms with Crippen molar-refractivity contribution in [1.82, 2.24) is 5.32 Å². The summed E-state index contributed by atoms with van der Waals surface area (Å²) in [4.78, 5) is 22.9. The molecule has 0 saturated heterocycles. The molecule has 2 N–H and O–H groups in total. The van der Waals surface area contributed by atoms with E-state index in [1.165, 1.54) is 6.07 Å². The molecule has 1 atom stereocenters. The number of furan rings is 1. The van der Waals surface area contributed by atoms with Crippen LogP contribution in [0.1, 0.15) is 46.9 Å². The van der Waals surface area contributed by atoms with Gasteiger partial charge in [-0.2, -0.15) is 0 Å². The molecule has 0 aliphatic rings. The number of methoxy groups -OCH3 is 1. The van der Waals surface area contributed by atoms with E-state index in [1.54, 1.807) is 14.0 Å². The van der Waals surface area contributed by atoms with E-state index in [-0.39, 0.29) is 17.4 Å². The van der Waals surface area contributed by atoms with Crippen molar-refractivity contribution in [2.45, 2.75) is 32.7 Å². The Morgan fingerprint density at radius 2 is 2.21 bits per heavy atom. The predicted molar refractivity (Wildman–Crippen MR) is 68.5 cm³/mol. The Hall–Kier alpha value is -1.82. The number of ether oxygens (including phenoxy) is 1. The van der Waals surface area contributed by atoms with Gasteiger partial charge < -0.3 is 19.6 Å². The van der Waals surface area contributed by atoms with Gasteiger partial charge in [-0.25, -0.2) is 4.79 Å². The summed E-state index contributed by atoms with van der Waals surface area (Å²) in [6.07, 6.45) is 1.10. The Labute approximate surface area is 111 Å². The Kier molecular flexibility index (Phi) is 5.57. The molecule has 0 radical (unpaired) electrons. The van der Waals surface area contributed by atoms with Gasteiger partial charge in [0.15, 0.2) is 5.76 Å². The zero-order chi connectivity index (χ0) is 14.4. The lowest BCUT2D eigenvalue weighted by Gasteiger charge is -2.11. The highest BCUT2D eigenvalue weighted by atomic mass is 16.5. The van der Waals surface area contributed by atoms with Gasteiger partial charge in [0.25, 0.3) is 5.91 Å². The molecule has 1 amide bonds.